The number of ether oxygens (including phenoxy) is 1. The Morgan fingerprint density at radius 3 is 2.56 bits per heavy atom. The van der Waals surface area contributed by atoms with E-state index in [1.165, 1.54) is 41.3 Å². The molecule has 2 fully saturated rings. The van der Waals surface area contributed by atoms with Crippen molar-refractivity contribution in [1.82, 2.24) is 14.9 Å². The molecular formula is C25H32ClN3O6S. The maximum atomic E-state index is 13.1. The standard InChI is InChI=1S/C25H32ClN3O6S/c26-19-8-10-21(11-9-19)36(32,33)29-12-14-34-20(17-29)16-27-24(30)22(15-18-5-2-1-3-6-18)28-25(31)23-7-4-13-35-23/h4,7-11,13,18,20,22H,1-3,5-6,12,14-17H2,(H,27,30)(H,28,31)/t20?,22-/m0/s1. The quantitative estimate of drug-likeness (QED) is 0.507. The molecule has 1 aliphatic carbocycles. The van der Waals surface area contributed by atoms with E-state index in [2.05, 4.69) is 10.6 Å². The maximum absolute atomic E-state index is 13.1. The monoisotopic (exact) mass is 537 g/mol. The van der Waals surface area contributed by atoms with E-state index in [1.807, 2.05) is 0 Å². The number of hydrogen-bond donors (Lipinski definition) is 2. The minimum Gasteiger partial charge on any atom is -0.459 e. The molecule has 0 radical (unpaired) electrons. The van der Waals surface area contributed by atoms with Gasteiger partial charge in [-0.2, -0.15) is 4.31 Å². The predicted molar refractivity (Wildman–Crippen MR) is 134 cm³/mol. The number of carbonyl (C=O) groups is 2. The first-order valence-electron chi connectivity index (χ1n) is 12.3. The van der Waals surface area contributed by atoms with E-state index in [9.17, 15) is 18.0 Å². The van der Waals surface area contributed by atoms with Crippen LogP contribution in [-0.4, -0.2) is 62.9 Å². The van der Waals surface area contributed by atoms with Crippen LogP contribution in [0.15, 0.2) is 52.0 Å². The van der Waals surface area contributed by atoms with Crippen LogP contribution in [-0.2, 0) is 19.6 Å². The Hall–Kier alpha value is -2.40. The van der Waals surface area contributed by atoms with E-state index in [0.29, 0.717) is 17.4 Å². The van der Waals surface area contributed by atoms with Crippen LogP contribution in [0.3, 0.4) is 0 Å². The summed E-state index contributed by atoms with van der Waals surface area (Å²) in [6.07, 6.45) is 6.95. The number of nitrogens with one attached hydrogen (secondary N) is 2. The van der Waals surface area contributed by atoms with E-state index in [0.717, 1.165) is 25.7 Å². The third kappa shape index (κ3) is 6.88. The van der Waals surface area contributed by atoms with Crippen LogP contribution < -0.4 is 10.6 Å². The van der Waals surface area contributed by atoms with E-state index >= 15 is 0 Å². The third-order valence-corrected chi connectivity index (χ3v) is 8.85. The van der Waals surface area contributed by atoms with Gasteiger partial charge in [0.2, 0.25) is 15.9 Å². The highest BCUT2D eigenvalue weighted by atomic mass is 35.5. The van der Waals surface area contributed by atoms with Crippen molar-refractivity contribution < 1.29 is 27.2 Å². The summed E-state index contributed by atoms with van der Waals surface area (Å²) in [6, 6.07) is 8.48. The van der Waals surface area contributed by atoms with Crippen LogP contribution in [0.2, 0.25) is 5.02 Å². The Morgan fingerprint density at radius 2 is 1.86 bits per heavy atom. The summed E-state index contributed by atoms with van der Waals surface area (Å²) in [4.78, 5) is 25.9. The Balaban J connectivity index is 1.36. The van der Waals surface area contributed by atoms with Crippen molar-refractivity contribution in [2.45, 2.75) is 55.6 Å². The molecule has 9 nitrogen and oxygen atoms in total. The van der Waals surface area contributed by atoms with Crippen LogP contribution in [0.4, 0.5) is 0 Å². The molecule has 2 aliphatic rings. The molecule has 2 aromatic rings. The second-order valence-corrected chi connectivity index (χ2v) is 11.7. The first-order valence-corrected chi connectivity index (χ1v) is 14.1. The molecule has 1 saturated heterocycles. The van der Waals surface area contributed by atoms with Gasteiger partial charge in [0.15, 0.2) is 5.76 Å². The molecule has 2 heterocycles. The lowest BCUT2D eigenvalue weighted by atomic mass is 9.84. The summed E-state index contributed by atoms with van der Waals surface area (Å²) in [6.45, 7) is 0.674. The molecule has 196 valence electrons. The number of hydrogen-bond acceptors (Lipinski definition) is 6. The second kappa shape index (κ2) is 12.2. The van der Waals surface area contributed by atoms with Gasteiger partial charge in [-0.15, -0.1) is 0 Å². The molecule has 1 aromatic carbocycles. The maximum Gasteiger partial charge on any atom is 0.287 e. The summed E-state index contributed by atoms with van der Waals surface area (Å²) in [5.74, 6) is -0.251. The normalized spacial score (nSPS) is 20.5. The van der Waals surface area contributed by atoms with Gasteiger partial charge < -0.3 is 19.8 Å². The number of rotatable bonds is 9. The molecule has 1 saturated carbocycles. The average molecular weight is 538 g/mol. The van der Waals surface area contributed by atoms with Crippen LogP contribution >= 0.6 is 11.6 Å². The number of sulfonamides is 1. The van der Waals surface area contributed by atoms with Crippen molar-refractivity contribution in [3.8, 4) is 0 Å². The Bertz CT molecular complexity index is 1120. The highest BCUT2D eigenvalue weighted by Gasteiger charge is 2.32. The highest BCUT2D eigenvalue weighted by molar-refractivity contribution is 7.89. The SMILES string of the molecule is O=C(N[C@@H](CC1CCCCC1)C(=O)NCC1CN(S(=O)(=O)c2ccc(Cl)cc2)CCO1)c1ccco1. The lowest BCUT2D eigenvalue weighted by Gasteiger charge is -2.32. The summed E-state index contributed by atoms with van der Waals surface area (Å²) in [5.41, 5.74) is 0. The van der Waals surface area contributed by atoms with Crippen LogP contribution in [0.25, 0.3) is 0 Å². The van der Waals surface area contributed by atoms with Crippen molar-refractivity contribution in [3.63, 3.8) is 0 Å². The van der Waals surface area contributed by atoms with Crippen LogP contribution in [0.1, 0.15) is 49.1 Å². The van der Waals surface area contributed by atoms with Crippen molar-refractivity contribution >= 4 is 33.4 Å². The fourth-order valence-electron chi connectivity index (χ4n) is 4.75. The fourth-order valence-corrected chi connectivity index (χ4v) is 6.33. The second-order valence-electron chi connectivity index (χ2n) is 9.30. The van der Waals surface area contributed by atoms with E-state index in [4.69, 9.17) is 20.8 Å². The number of furan rings is 1. The van der Waals surface area contributed by atoms with Gasteiger partial charge in [0.05, 0.1) is 23.9 Å². The average Bonchev–Trinajstić information content (AvgIpc) is 3.43. The molecule has 2 atom stereocenters. The summed E-state index contributed by atoms with van der Waals surface area (Å²) in [7, 11) is -3.71. The molecule has 36 heavy (non-hydrogen) atoms. The molecule has 0 bridgehead atoms. The third-order valence-electron chi connectivity index (χ3n) is 6.72. The fraction of sp³-hybridized carbons (Fsp3) is 0.520. The van der Waals surface area contributed by atoms with E-state index < -0.39 is 28.1 Å². The highest BCUT2D eigenvalue weighted by Crippen LogP contribution is 2.27. The zero-order valence-corrected chi connectivity index (χ0v) is 21.6. The van der Waals surface area contributed by atoms with Gasteiger partial charge in [0.1, 0.15) is 6.04 Å². The number of nitrogens with zero attached hydrogens (tertiary/aromatic N) is 1. The molecule has 1 aromatic heterocycles. The minimum atomic E-state index is -3.71. The number of benzene rings is 1. The van der Waals surface area contributed by atoms with Gasteiger partial charge in [-0.3, -0.25) is 9.59 Å². The van der Waals surface area contributed by atoms with Crippen molar-refractivity contribution in [3.05, 3.63) is 53.4 Å². The molecule has 1 aliphatic heterocycles. The van der Waals surface area contributed by atoms with Gasteiger partial charge in [0.25, 0.3) is 5.91 Å². The summed E-state index contributed by atoms with van der Waals surface area (Å²) < 4.78 is 38.3. The number of carbonyl (C=O) groups excluding carboxylic acids is 2. The molecule has 0 spiro atoms. The first-order chi connectivity index (χ1) is 17.3. The lowest BCUT2D eigenvalue weighted by molar-refractivity contribution is -0.124. The number of morpholine rings is 1. The van der Waals surface area contributed by atoms with Crippen LogP contribution in [0, 0.1) is 5.92 Å². The molecule has 2 N–H and O–H groups in total. The van der Waals surface area contributed by atoms with E-state index in [-0.39, 0.29) is 42.8 Å². The van der Waals surface area contributed by atoms with Crippen molar-refractivity contribution in [2.75, 3.05) is 26.2 Å². The number of amides is 2. The molecule has 11 heteroatoms. The summed E-state index contributed by atoms with van der Waals surface area (Å²) in [5, 5.41) is 6.13. The summed E-state index contributed by atoms with van der Waals surface area (Å²) >= 11 is 5.89. The van der Waals surface area contributed by atoms with Crippen molar-refractivity contribution in [2.24, 2.45) is 5.92 Å². The van der Waals surface area contributed by atoms with E-state index in [1.54, 1.807) is 12.1 Å². The molecule has 2 amide bonds. The van der Waals surface area contributed by atoms with Gasteiger partial charge in [0, 0.05) is 24.7 Å². The largest absolute Gasteiger partial charge is 0.459 e. The van der Waals surface area contributed by atoms with Gasteiger partial charge in [-0.1, -0.05) is 43.7 Å². The van der Waals surface area contributed by atoms with Gasteiger partial charge >= 0.3 is 0 Å². The smallest absolute Gasteiger partial charge is 0.287 e. The zero-order valence-electron chi connectivity index (χ0n) is 20.0. The number of halogens is 1. The first kappa shape index (κ1) is 26.7. The molecule has 1 unspecified atom stereocenters. The molecular weight excluding hydrogens is 506 g/mol. The Labute approximate surface area is 216 Å². The minimum absolute atomic E-state index is 0.108. The van der Waals surface area contributed by atoms with Crippen molar-refractivity contribution in [1.29, 1.82) is 0 Å². The molecule has 4 rings (SSSR count). The topological polar surface area (TPSA) is 118 Å². The Morgan fingerprint density at radius 1 is 1.11 bits per heavy atom. The van der Waals surface area contributed by atoms with Gasteiger partial charge in [-0.05, 0) is 48.7 Å². The van der Waals surface area contributed by atoms with Gasteiger partial charge in [-0.25, -0.2) is 8.42 Å². The Kier molecular flexibility index (Phi) is 9.05. The predicted octanol–water partition coefficient (Wildman–Crippen LogP) is 3.21. The van der Waals surface area contributed by atoms with Crippen LogP contribution in [0.5, 0.6) is 0 Å². The zero-order chi connectivity index (χ0) is 25.5. The lowest BCUT2D eigenvalue weighted by Crippen LogP contribution is -2.53.